The van der Waals surface area contributed by atoms with Crippen LogP contribution in [0.5, 0.6) is 0 Å². The normalized spacial score (nSPS) is 12.2. The van der Waals surface area contributed by atoms with Crippen LogP contribution in [0, 0.1) is 0 Å². The molecule has 3 N–H and O–H groups in total. The van der Waals surface area contributed by atoms with Crippen molar-refractivity contribution >= 4 is 39.6 Å². The molecule has 0 aliphatic rings. The van der Waals surface area contributed by atoms with Gasteiger partial charge in [0.05, 0.1) is 22.0 Å². The molecule has 0 aliphatic carbocycles. The highest BCUT2D eigenvalue weighted by Crippen LogP contribution is 2.26. The number of benzene rings is 2. The average molecular weight is 458 g/mol. The molecule has 0 bridgehead atoms. The summed E-state index contributed by atoms with van der Waals surface area (Å²) in [4.78, 5) is 26.8. The van der Waals surface area contributed by atoms with Crippen molar-refractivity contribution in [3.8, 4) is 5.69 Å². The van der Waals surface area contributed by atoms with Gasteiger partial charge in [-0.2, -0.15) is 0 Å². The summed E-state index contributed by atoms with van der Waals surface area (Å²) in [6, 6.07) is 21.3. The molecule has 33 heavy (non-hydrogen) atoms. The van der Waals surface area contributed by atoms with Crippen LogP contribution >= 0.6 is 11.6 Å². The largest absolute Gasteiger partial charge is 0.382 e. The second-order valence-electron chi connectivity index (χ2n) is 7.74. The van der Waals surface area contributed by atoms with Gasteiger partial charge in [-0.1, -0.05) is 48.0 Å². The monoisotopic (exact) mass is 457 g/mol. The van der Waals surface area contributed by atoms with Gasteiger partial charge in [0.25, 0.3) is 11.5 Å². The number of nitrogens with one attached hydrogen (secondary N) is 1. The Bertz CT molecular complexity index is 1570. The van der Waals surface area contributed by atoms with Gasteiger partial charge in [-0.05, 0) is 48.7 Å². The molecule has 2 aromatic carbocycles. The summed E-state index contributed by atoms with van der Waals surface area (Å²) in [5.41, 5.74) is 7.97. The summed E-state index contributed by atoms with van der Waals surface area (Å²) in [5, 5.41) is 8.70. The molecule has 1 atom stereocenters. The predicted octanol–water partition coefficient (Wildman–Crippen LogP) is 4.37. The molecular weight excluding hydrogens is 438 g/mol. The number of anilines is 1. The summed E-state index contributed by atoms with van der Waals surface area (Å²) in [7, 11) is 0. The van der Waals surface area contributed by atoms with Crippen molar-refractivity contribution in [1.82, 2.24) is 19.5 Å². The zero-order valence-electron chi connectivity index (χ0n) is 17.7. The van der Waals surface area contributed by atoms with Crippen LogP contribution < -0.4 is 16.6 Å². The van der Waals surface area contributed by atoms with Crippen LogP contribution in [0.1, 0.15) is 29.0 Å². The Balaban J connectivity index is 1.64. The molecule has 0 unspecified atom stereocenters. The summed E-state index contributed by atoms with van der Waals surface area (Å²) in [5.74, 6) is -0.240. The number of para-hydroxylation sites is 1. The van der Waals surface area contributed by atoms with Gasteiger partial charge in [-0.3, -0.25) is 14.2 Å². The number of nitrogens with zero attached hydrogens (tertiary/aromatic N) is 3. The number of nitrogen functional groups attached to an aromatic ring is 1. The molecule has 3 aromatic heterocycles. The van der Waals surface area contributed by atoms with Crippen LogP contribution in [0.4, 0.5) is 5.82 Å². The molecule has 164 valence electrons. The SMILES string of the molecule is C[C@H](NC(=O)c1c(N)nn2ccccc12)c1cc2cccc(Cl)c2c(=O)n1-c1ccccc1. The molecule has 1 amide bonds. The lowest BCUT2D eigenvalue weighted by atomic mass is 10.1. The number of hydrogen-bond acceptors (Lipinski definition) is 4. The van der Waals surface area contributed by atoms with E-state index in [1.165, 1.54) is 0 Å². The average Bonchev–Trinajstić information content (AvgIpc) is 3.15. The molecule has 7 nitrogen and oxygen atoms in total. The van der Waals surface area contributed by atoms with Gasteiger partial charge in [0.15, 0.2) is 5.82 Å². The zero-order chi connectivity index (χ0) is 23.1. The van der Waals surface area contributed by atoms with Gasteiger partial charge < -0.3 is 11.1 Å². The van der Waals surface area contributed by atoms with E-state index in [0.29, 0.717) is 38.3 Å². The Kier molecular flexibility index (Phi) is 5.11. The lowest BCUT2D eigenvalue weighted by Gasteiger charge is -2.21. The molecule has 0 saturated heterocycles. The van der Waals surface area contributed by atoms with E-state index in [1.807, 2.05) is 61.5 Å². The van der Waals surface area contributed by atoms with Crippen LogP contribution in [0.2, 0.25) is 5.02 Å². The Morgan fingerprint density at radius 2 is 1.82 bits per heavy atom. The van der Waals surface area contributed by atoms with E-state index in [2.05, 4.69) is 10.4 Å². The lowest BCUT2D eigenvalue weighted by molar-refractivity contribution is 0.0941. The van der Waals surface area contributed by atoms with Crippen molar-refractivity contribution in [3.63, 3.8) is 0 Å². The summed E-state index contributed by atoms with van der Waals surface area (Å²) in [6.45, 7) is 1.82. The number of fused-ring (bicyclic) bond motifs is 2. The first-order valence-electron chi connectivity index (χ1n) is 10.4. The van der Waals surface area contributed by atoms with Gasteiger partial charge in [0.2, 0.25) is 0 Å². The first-order valence-corrected chi connectivity index (χ1v) is 10.8. The second kappa shape index (κ2) is 8.11. The second-order valence-corrected chi connectivity index (χ2v) is 8.14. The third-order valence-electron chi connectivity index (χ3n) is 5.62. The fourth-order valence-electron chi connectivity index (χ4n) is 4.09. The highest BCUT2D eigenvalue weighted by Gasteiger charge is 2.23. The van der Waals surface area contributed by atoms with Crippen LogP contribution in [0.15, 0.2) is 83.8 Å². The smallest absolute Gasteiger partial charge is 0.264 e. The highest BCUT2D eigenvalue weighted by atomic mass is 35.5. The minimum absolute atomic E-state index is 0.136. The van der Waals surface area contributed by atoms with E-state index in [1.54, 1.807) is 33.5 Å². The molecule has 3 heterocycles. The molecule has 0 spiro atoms. The molecule has 5 rings (SSSR count). The van der Waals surface area contributed by atoms with Gasteiger partial charge in [-0.25, -0.2) is 4.52 Å². The predicted molar refractivity (Wildman–Crippen MR) is 130 cm³/mol. The third-order valence-corrected chi connectivity index (χ3v) is 5.94. The molecule has 0 saturated carbocycles. The van der Waals surface area contributed by atoms with Gasteiger partial charge in [0, 0.05) is 17.6 Å². The van der Waals surface area contributed by atoms with E-state index >= 15 is 0 Å². The van der Waals surface area contributed by atoms with Crippen molar-refractivity contribution in [2.75, 3.05) is 5.73 Å². The number of pyridine rings is 2. The van der Waals surface area contributed by atoms with Crippen molar-refractivity contribution in [3.05, 3.63) is 106 Å². The number of amides is 1. The standard InChI is InChI=1S/C25H20ClN5O2/c1-15(28-24(32)22-19-12-5-6-13-30(19)29-23(22)27)20-14-16-8-7-11-18(26)21(16)25(33)31(20)17-9-3-2-4-10-17/h2-15H,1H3,(H2,27,29)(H,28,32)/t15-/m0/s1. The number of carbonyl (C=O) groups is 1. The Hall–Kier alpha value is -4.10. The van der Waals surface area contributed by atoms with Crippen molar-refractivity contribution in [2.24, 2.45) is 0 Å². The van der Waals surface area contributed by atoms with Gasteiger partial charge >= 0.3 is 0 Å². The molecule has 8 heteroatoms. The van der Waals surface area contributed by atoms with E-state index in [4.69, 9.17) is 17.3 Å². The topological polar surface area (TPSA) is 94.4 Å². The van der Waals surface area contributed by atoms with Crippen LogP contribution in [-0.2, 0) is 0 Å². The quantitative estimate of drug-likeness (QED) is 0.419. The molecule has 0 fully saturated rings. The number of hydrogen-bond donors (Lipinski definition) is 2. The van der Waals surface area contributed by atoms with Crippen molar-refractivity contribution in [2.45, 2.75) is 13.0 Å². The maximum atomic E-state index is 13.6. The van der Waals surface area contributed by atoms with Crippen molar-refractivity contribution in [1.29, 1.82) is 0 Å². The van der Waals surface area contributed by atoms with Gasteiger partial charge in [0.1, 0.15) is 5.56 Å². The Morgan fingerprint density at radius 3 is 2.61 bits per heavy atom. The van der Waals surface area contributed by atoms with Crippen molar-refractivity contribution < 1.29 is 4.79 Å². The lowest BCUT2D eigenvalue weighted by Crippen LogP contribution is -2.32. The summed E-state index contributed by atoms with van der Waals surface area (Å²) >= 11 is 6.37. The minimum atomic E-state index is -0.521. The first kappa shape index (κ1) is 20.8. The number of carbonyl (C=O) groups excluding carboxylic acids is 1. The fourth-order valence-corrected chi connectivity index (χ4v) is 4.36. The van der Waals surface area contributed by atoms with E-state index in [0.717, 1.165) is 0 Å². The first-order chi connectivity index (χ1) is 16.0. The molecule has 0 radical (unpaired) electrons. The van der Waals surface area contributed by atoms with Crippen LogP contribution in [0.25, 0.3) is 22.0 Å². The van der Waals surface area contributed by atoms with E-state index < -0.39 is 6.04 Å². The number of nitrogens with two attached hydrogens (primary N) is 1. The molecule has 5 aromatic rings. The Labute approximate surface area is 194 Å². The maximum Gasteiger partial charge on any atom is 0.264 e. The zero-order valence-corrected chi connectivity index (χ0v) is 18.5. The third kappa shape index (κ3) is 3.52. The van der Waals surface area contributed by atoms with Gasteiger partial charge in [-0.15, -0.1) is 5.10 Å². The summed E-state index contributed by atoms with van der Waals surface area (Å²) < 4.78 is 3.14. The summed E-state index contributed by atoms with van der Waals surface area (Å²) in [6.07, 6.45) is 1.73. The molecule has 0 aliphatic heterocycles. The van der Waals surface area contributed by atoms with Crippen LogP contribution in [-0.4, -0.2) is 20.1 Å². The maximum absolute atomic E-state index is 13.6. The Morgan fingerprint density at radius 1 is 1.06 bits per heavy atom. The minimum Gasteiger partial charge on any atom is -0.382 e. The molecular formula is C25H20ClN5O2. The highest BCUT2D eigenvalue weighted by molar-refractivity contribution is 6.35. The van der Waals surface area contributed by atoms with E-state index in [-0.39, 0.29) is 17.3 Å². The fraction of sp³-hybridized carbons (Fsp3) is 0.0800. The van der Waals surface area contributed by atoms with Crippen LogP contribution in [0.3, 0.4) is 0 Å². The van der Waals surface area contributed by atoms with E-state index in [9.17, 15) is 9.59 Å². The number of aromatic nitrogens is 3. The number of halogens is 1. The number of rotatable bonds is 4.